The predicted octanol–water partition coefficient (Wildman–Crippen LogP) is 4.64. The average Bonchev–Trinajstić information content (AvgIpc) is 2.77. The van der Waals surface area contributed by atoms with Crippen LogP contribution in [0.1, 0.15) is 49.5 Å². The first-order chi connectivity index (χ1) is 11.0. The van der Waals surface area contributed by atoms with Crippen LogP contribution in [0, 0.1) is 0 Å². The van der Waals surface area contributed by atoms with E-state index in [1.165, 1.54) is 0 Å². The smallest absolute Gasteiger partial charge is 0.338 e. The van der Waals surface area contributed by atoms with Crippen molar-refractivity contribution >= 4 is 61.5 Å². The van der Waals surface area contributed by atoms with Gasteiger partial charge in [-0.2, -0.15) is 0 Å². The molecule has 1 aromatic carbocycles. The maximum atomic E-state index is 11.7. The number of rotatable bonds is 2. The number of imide groups is 1. The number of hydrogen-bond donors (Lipinski definition) is 0. The quantitative estimate of drug-likeness (QED) is 0.266. The molecule has 0 aromatic heterocycles. The highest BCUT2D eigenvalue weighted by Crippen LogP contribution is 2.22. The second-order valence-electron chi connectivity index (χ2n) is 6.01. The summed E-state index contributed by atoms with van der Waals surface area (Å²) in [6, 6.07) is 5.17. The number of carbonyl (C=O) groups excluding carboxylic acids is 3. The summed E-state index contributed by atoms with van der Waals surface area (Å²) in [7, 11) is 0. The van der Waals surface area contributed by atoms with E-state index in [2.05, 4.69) is 32.1 Å². The molecule has 0 saturated carbocycles. The molecule has 1 aliphatic rings. The van der Waals surface area contributed by atoms with E-state index in [1.807, 2.05) is 26.8 Å². The Morgan fingerprint density at radius 3 is 2.12 bits per heavy atom. The van der Waals surface area contributed by atoms with Crippen molar-refractivity contribution in [2.75, 3.05) is 0 Å². The van der Waals surface area contributed by atoms with Crippen molar-refractivity contribution in [2.24, 2.45) is 0 Å². The van der Waals surface area contributed by atoms with Crippen LogP contribution in [0.2, 0.25) is 5.02 Å². The lowest BCUT2D eigenvalue weighted by Gasteiger charge is -2.19. The molecule has 1 heterocycles. The van der Waals surface area contributed by atoms with Crippen LogP contribution in [-0.2, 0) is 19.7 Å². The molecule has 8 heteroatoms. The standard InChI is InChI=1S/C12H14BrClO2.C4H4BrNO2/c1-12(2,3)16-11(15)8-4-5-9(7-13)10(14)6-8;5-6-3(7)1-2-4(6)8/h4-6H,7H2,1-3H3;1-2H2. The van der Waals surface area contributed by atoms with Gasteiger partial charge in [-0.3, -0.25) is 9.59 Å². The largest absolute Gasteiger partial charge is 0.456 e. The van der Waals surface area contributed by atoms with Crippen molar-refractivity contribution < 1.29 is 19.1 Å². The van der Waals surface area contributed by atoms with Gasteiger partial charge in [0.15, 0.2) is 0 Å². The van der Waals surface area contributed by atoms with Gasteiger partial charge in [0.2, 0.25) is 11.8 Å². The van der Waals surface area contributed by atoms with Crippen LogP contribution < -0.4 is 0 Å². The van der Waals surface area contributed by atoms with Crippen molar-refractivity contribution in [1.82, 2.24) is 3.93 Å². The second-order valence-corrected chi connectivity index (χ2v) is 7.69. The van der Waals surface area contributed by atoms with Crippen molar-refractivity contribution in [3.63, 3.8) is 0 Å². The molecule has 1 aromatic rings. The van der Waals surface area contributed by atoms with Crippen LogP contribution in [0.3, 0.4) is 0 Å². The van der Waals surface area contributed by atoms with Gasteiger partial charge in [-0.25, -0.2) is 8.72 Å². The highest BCUT2D eigenvalue weighted by molar-refractivity contribution is 9.08. The van der Waals surface area contributed by atoms with Gasteiger partial charge in [0.05, 0.1) is 21.7 Å². The zero-order valence-corrected chi connectivity index (χ0v) is 17.5. The summed E-state index contributed by atoms with van der Waals surface area (Å²) >= 11 is 12.1. The molecule has 2 amide bonds. The summed E-state index contributed by atoms with van der Waals surface area (Å²) in [6.07, 6.45) is 0.703. The zero-order chi connectivity index (χ0) is 18.5. The van der Waals surface area contributed by atoms with Gasteiger partial charge in [-0.1, -0.05) is 33.6 Å². The molecule has 0 aliphatic carbocycles. The summed E-state index contributed by atoms with van der Waals surface area (Å²) < 4.78 is 6.22. The number of hydrogen-bond acceptors (Lipinski definition) is 4. The molecule has 24 heavy (non-hydrogen) atoms. The van der Waals surface area contributed by atoms with Gasteiger partial charge >= 0.3 is 5.97 Å². The molecule has 132 valence electrons. The second kappa shape index (κ2) is 8.97. The maximum absolute atomic E-state index is 11.7. The fourth-order valence-corrected chi connectivity index (χ4v) is 2.92. The fraction of sp³-hybridized carbons (Fsp3) is 0.438. The van der Waals surface area contributed by atoms with E-state index in [0.29, 0.717) is 28.8 Å². The summed E-state index contributed by atoms with van der Waals surface area (Å²) in [5.74, 6) is -0.638. The number of alkyl halides is 1. The Kier molecular flexibility index (Phi) is 7.89. The SMILES string of the molecule is CC(C)(C)OC(=O)c1ccc(CBr)c(Cl)c1.O=C1CCC(=O)N1Br. The Morgan fingerprint density at radius 1 is 1.25 bits per heavy atom. The number of halogens is 3. The number of esters is 1. The summed E-state index contributed by atoms with van der Waals surface area (Å²) in [6.45, 7) is 5.50. The molecule has 5 nitrogen and oxygen atoms in total. The van der Waals surface area contributed by atoms with Crippen LogP contribution in [0.25, 0.3) is 0 Å². The molecule has 1 aliphatic heterocycles. The molecule has 0 atom stereocenters. The van der Waals surface area contributed by atoms with E-state index >= 15 is 0 Å². The topological polar surface area (TPSA) is 63.7 Å². The Labute approximate surface area is 163 Å². The molecule has 0 radical (unpaired) electrons. The van der Waals surface area contributed by atoms with Gasteiger partial charge in [0.1, 0.15) is 5.60 Å². The minimum atomic E-state index is -0.488. The highest BCUT2D eigenvalue weighted by Gasteiger charge is 2.26. The molecular weight excluding hydrogens is 465 g/mol. The van der Waals surface area contributed by atoms with Crippen LogP contribution in [0.4, 0.5) is 0 Å². The first kappa shape index (κ1) is 21.1. The van der Waals surface area contributed by atoms with Crippen LogP contribution in [0.5, 0.6) is 0 Å². The summed E-state index contributed by atoms with van der Waals surface area (Å²) in [5.41, 5.74) is 0.941. The summed E-state index contributed by atoms with van der Waals surface area (Å²) in [5, 5.41) is 1.24. The van der Waals surface area contributed by atoms with E-state index in [0.717, 1.165) is 9.49 Å². The van der Waals surface area contributed by atoms with Gasteiger partial charge in [-0.05, 0) is 38.5 Å². The van der Waals surface area contributed by atoms with Crippen molar-refractivity contribution in [2.45, 2.75) is 44.5 Å². The predicted molar refractivity (Wildman–Crippen MR) is 99.3 cm³/mol. The third kappa shape index (κ3) is 6.53. The zero-order valence-electron chi connectivity index (χ0n) is 13.6. The maximum Gasteiger partial charge on any atom is 0.338 e. The Morgan fingerprint density at radius 2 is 1.79 bits per heavy atom. The van der Waals surface area contributed by atoms with Crippen LogP contribution in [-0.4, -0.2) is 27.3 Å². The lowest BCUT2D eigenvalue weighted by atomic mass is 10.1. The monoisotopic (exact) mass is 481 g/mol. The molecule has 0 spiro atoms. The molecule has 0 unspecified atom stereocenters. The van der Waals surface area contributed by atoms with E-state index in [4.69, 9.17) is 16.3 Å². The molecule has 1 saturated heterocycles. The van der Waals surface area contributed by atoms with Gasteiger partial charge < -0.3 is 4.74 Å². The Balaban J connectivity index is 0.000000300. The van der Waals surface area contributed by atoms with Crippen LogP contribution in [0.15, 0.2) is 18.2 Å². The number of amides is 2. The molecule has 0 bridgehead atoms. The third-order valence-electron chi connectivity index (χ3n) is 2.82. The van der Waals surface area contributed by atoms with Gasteiger partial charge in [-0.15, -0.1) is 0 Å². The number of ether oxygens (including phenoxy) is 1. The number of nitrogens with zero attached hydrogens (tertiary/aromatic N) is 1. The molecule has 0 N–H and O–H groups in total. The molecule has 2 rings (SSSR count). The normalized spacial score (nSPS) is 14.3. The number of carbonyl (C=O) groups is 3. The van der Waals surface area contributed by atoms with E-state index in [9.17, 15) is 14.4 Å². The molecular formula is C16H18Br2ClNO4. The van der Waals surface area contributed by atoms with Crippen LogP contribution >= 0.6 is 43.7 Å². The lowest BCUT2D eigenvalue weighted by Crippen LogP contribution is -2.23. The Hall–Kier alpha value is -0.920. The first-order valence-corrected chi connectivity index (χ1v) is 9.35. The minimum absolute atomic E-state index is 0.144. The van der Waals surface area contributed by atoms with E-state index in [-0.39, 0.29) is 17.8 Å². The minimum Gasteiger partial charge on any atom is -0.456 e. The van der Waals surface area contributed by atoms with Crippen molar-refractivity contribution in [3.8, 4) is 0 Å². The van der Waals surface area contributed by atoms with E-state index < -0.39 is 5.60 Å². The molecule has 1 fully saturated rings. The number of benzene rings is 1. The van der Waals surface area contributed by atoms with E-state index in [1.54, 1.807) is 12.1 Å². The summed E-state index contributed by atoms with van der Waals surface area (Å²) in [4.78, 5) is 32.6. The van der Waals surface area contributed by atoms with Crippen molar-refractivity contribution in [3.05, 3.63) is 34.3 Å². The van der Waals surface area contributed by atoms with Gasteiger partial charge in [0.25, 0.3) is 0 Å². The average molecular weight is 484 g/mol. The highest BCUT2D eigenvalue weighted by atomic mass is 79.9. The third-order valence-corrected chi connectivity index (χ3v) is 4.57. The van der Waals surface area contributed by atoms with Crippen molar-refractivity contribution in [1.29, 1.82) is 0 Å². The Bertz CT molecular complexity index is 627. The first-order valence-electron chi connectivity index (χ1n) is 7.14. The fourth-order valence-electron chi connectivity index (χ4n) is 1.67. The lowest BCUT2D eigenvalue weighted by molar-refractivity contribution is -0.131. The van der Waals surface area contributed by atoms with Gasteiger partial charge in [0, 0.05) is 23.2 Å².